The molecule has 0 amide bonds. The maximum Gasteiger partial charge on any atom is 0.490 e. The lowest BCUT2D eigenvalue weighted by molar-refractivity contribution is 0.425. The van der Waals surface area contributed by atoms with E-state index in [9.17, 15) is 10.0 Å². The van der Waals surface area contributed by atoms with Gasteiger partial charge in [0.05, 0.1) is 11.0 Å². The van der Waals surface area contributed by atoms with E-state index in [2.05, 4.69) is 41.0 Å². The van der Waals surface area contributed by atoms with Gasteiger partial charge in [-0.3, -0.25) is 0 Å². The highest BCUT2D eigenvalue weighted by molar-refractivity contribution is 6.60. The fourth-order valence-corrected chi connectivity index (χ4v) is 3.82. The first-order valence-corrected chi connectivity index (χ1v) is 8.61. The van der Waals surface area contributed by atoms with Crippen LogP contribution in [0.4, 0.5) is 0 Å². The molecule has 0 fully saturated rings. The lowest BCUT2D eigenvalue weighted by atomic mass is 9.79. The Morgan fingerprint density at radius 3 is 2.08 bits per heavy atom. The van der Waals surface area contributed by atoms with E-state index in [1.54, 1.807) is 6.07 Å². The van der Waals surface area contributed by atoms with Gasteiger partial charge in [0.2, 0.25) is 0 Å². The van der Waals surface area contributed by atoms with Crippen molar-refractivity contribution in [3.05, 3.63) is 84.9 Å². The summed E-state index contributed by atoms with van der Waals surface area (Å²) in [5.74, 6) is 0. The number of benzene rings is 4. The van der Waals surface area contributed by atoms with E-state index < -0.39 is 7.12 Å². The molecule has 0 bridgehead atoms. The van der Waals surface area contributed by atoms with E-state index in [0.29, 0.717) is 5.46 Å². The Hall–Kier alpha value is -3.08. The Morgan fingerprint density at radius 2 is 1.27 bits per heavy atom. The molecule has 0 aliphatic carbocycles. The SMILES string of the molecule is OB(O)c1ccccc1-n1c2ccccc2c2cc3ccccc3cc21. The van der Waals surface area contributed by atoms with Gasteiger partial charge in [0.15, 0.2) is 0 Å². The third-order valence-electron chi connectivity index (χ3n) is 5.00. The lowest BCUT2D eigenvalue weighted by Gasteiger charge is -2.13. The van der Waals surface area contributed by atoms with E-state index in [0.717, 1.165) is 32.9 Å². The molecule has 4 heteroatoms. The van der Waals surface area contributed by atoms with Crippen molar-refractivity contribution in [2.75, 3.05) is 0 Å². The van der Waals surface area contributed by atoms with E-state index >= 15 is 0 Å². The predicted octanol–water partition coefficient (Wildman–Crippen LogP) is 3.62. The smallest absolute Gasteiger partial charge is 0.423 e. The normalized spacial score (nSPS) is 11.5. The maximum absolute atomic E-state index is 9.86. The van der Waals surface area contributed by atoms with E-state index in [1.807, 2.05) is 42.5 Å². The van der Waals surface area contributed by atoms with Crippen LogP contribution in [0.1, 0.15) is 0 Å². The standard InChI is InChI=1S/C22H16BNO2/c25-23(26)19-10-4-6-12-21(19)24-20-11-5-3-9-17(20)18-13-15-7-1-2-8-16(15)14-22(18)24/h1-14,25-26H. The zero-order chi connectivity index (χ0) is 17.7. The van der Waals surface area contributed by atoms with Gasteiger partial charge in [0.25, 0.3) is 0 Å². The Balaban J connectivity index is 1.99. The average molecular weight is 337 g/mol. The molecule has 1 aromatic heterocycles. The van der Waals surface area contributed by atoms with Gasteiger partial charge in [0, 0.05) is 21.9 Å². The molecule has 2 N–H and O–H groups in total. The van der Waals surface area contributed by atoms with Gasteiger partial charge < -0.3 is 14.6 Å². The second kappa shape index (κ2) is 5.73. The second-order valence-electron chi connectivity index (χ2n) is 6.50. The Morgan fingerprint density at radius 1 is 0.615 bits per heavy atom. The molecular formula is C22H16BNO2. The van der Waals surface area contributed by atoms with Crippen molar-refractivity contribution in [3.63, 3.8) is 0 Å². The van der Waals surface area contributed by atoms with Gasteiger partial charge in [-0.25, -0.2) is 0 Å². The van der Waals surface area contributed by atoms with E-state index in [4.69, 9.17) is 0 Å². The van der Waals surface area contributed by atoms with Gasteiger partial charge in [-0.2, -0.15) is 0 Å². The zero-order valence-electron chi connectivity index (χ0n) is 14.0. The molecule has 0 aliphatic rings. The largest absolute Gasteiger partial charge is 0.490 e. The van der Waals surface area contributed by atoms with Gasteiger partial charge in [-0.05, 0) is 35.0 Å². The molecule has 3 nitrogen and oxygen atoms in total. The molecule has 26 heavy (non-hydrogen) atoms. The summed E-state index contributed by atoms with van der Waals surface area (Å²) in [7, 11) is -1.53. The van der Waals surface area contributed by atoms with Crippen LogP contribution in [-0.4, -0.2) is 21.7 Å². The van der Waals surface area contributed by atoms with Crippen LogP contribution < -0.4 is 5.46 Å². The number of aromatic nitrogens is 1. The fraction of sp³-hybridized carbons (Fsp3) is 0. The number of fused-ring (bicyclic) bond motifs is 4. The monoisotopic (exact) mass is 337 g/mol. The highest BCUT2D eigenvalue weighted by Gasteiger charge is 2.20. The zero-order valence-corrected chi connectivity index (χ0v) is 14.0. The molecule has 0 atom stereocenters. The van der Waals surface area contributed by atoms with Crippen LogP contribution in [0.3, 0.4) is 0 Å². The summed E-state index contributed by atoms with van der Waals surface area (Å²) in [5.41, 5.74) is 3.37. The molecule has 0 aliphatic heterocycles. The Kier molecular flexibility index (Phi) is 3.35. The third-order valence-corrected chi connectivity index (χ3v) is 5.00. The van der Waals surface area contributed by atoms with Gasteiger partial charge >= 0.3 is 7.12 Å². The second-order valence-corrected chi connectivity index (χ2v) is 6.50. The molecular weight excluding hydrogens is 321 g/mol. The number of nitrogens with zero attached hydrogens (tertiary/aromatic N) is 1. The minimum Gasteiger partial charge on any atom is -0.423 e. The fourth-order valence-electron chi connectivity index (χ4n) is 3.82. The average Bonchev–Trinajstić information content (AvgIpc) is 2.99. The van der Waals surface area contributed by atoms with Crippen molar-refractivity contribution in [1.29, 1.82) is 0 Å². The van der Waals surface area contributed by atoms with Crippen molar-refractivity contribution in [3.8, 4) is 5.69 Å². The van der Waals surface area contributed by atoms with Crippen LogP contribution in [0.2, 0.25) is 0 Å². The summed E-state index contributed by atoms with van der Waals surface area (Å²) in [6.07, 6.45) is 0. The summed E-state index contributed by atoms with van der Waals surface area (Å²) in [6.45, 7) is 0. The van der Waals surface area contributed by atoms with Gasteiger partial charge in [-0.15, -0.1) is 0 Å². The summed E-state index contributed by atoms with van der Waals surface area (Å²) in [5, 5.41) is 24.4. The first kappa shape index (κ1) is 15.2. The van der Waals surface area contributed by atoms with Crippen molar-refractivity contribution in [2.45, 2.75) is 0 Å². The number of hydrogen-bond acceptors (Lipinski definition) is 2. The first-order valence-electron chi connectivity index (χ1n) is 8.61. The predicted molar refractivity (Wildman–Crippen MR) is 108 cm³/mol. The molecule has 0 radical (unpaired) electrons. The number of hydrogen-bond donors (Lipinski definition) is 2. The number of para-hydroxylation sites is 2. The number of rotatable bonds is 2. The quantitative estimate of drug-likeness (QED) is 0.483. The van der Waals surface area contributed by atoms with E-state index in [-0.39, 0.29) is 0 Å². The van der Waals surface area contributed by atoms with Crippen LogP contribution in [0.15, 0.2) is 84.9 Å². The highest BCUT2D eigenvalue weighted by atomic mass is 16.4. The molecule has 0 saturated carbocycles. The van der Waals surface area contributed by atoms with Crippen LogP contribution in [0.5, 0.6) is 0 Å². The van der Waals surface area contributed by atoms with Crippen LogP contribution in [-0.2, 0) is 0 Å². The van der Waals surface area contributed by atoms with Crippen molar-refractivity contribution in [2.24, 2.45) is 0 Å². The van der Waals surface area contributed by atoms with Crippen molar-refractivity contribution < 1.29 is 10.0 Å². The molecule has 0 unspecified atom stereocenters. The van der Waals surface area contributed by atoms with Crippen LogP contribution in [0.25, 0.3) is 38.3 Å². The third kappa shape index (κ3) is 2.17. The van der Waals surface area contributed by atoms with Gasteiger partial charge in [0.1, 0.15) is 0 Å². The lowest BCUT2D eigenvalue weighted by Crippen LogP contribution is -2.33. The molecule has 0 spiro atoms. The molecule has 4 aromatic carbocycles. The maximum atomic E-state index is 9.86. The molecule has 124 valence electrons. The molecule has 5 rings (SSSR count). The van der Waals surface area contributed by atoms with Gasteiger partial charge in [-0.1, -0.05) is 60.7 Å². The molecule has 0 saturated heterocycles. The molecule has 5 aromatic rings. The van der Waals surface area contributed by atoms with E-state index in [1.165, 1.54) is 5.39 Å². The summed E-state index contributed by atoms with van der Waals surface area (Å²) in [4.78, 5) is 0. The topological polar surface area (TPSA) is 45.4 Å². The van der Waals surface area contributed by atoms with Crippen molar-refractivity contribution in [1.82, 2.24) is 4.57 Å². The summed E-state index contributed by atoms with van der Waals surface area (Å²) >= 11 is 0. The highest BCUT2D eigenvalue weighted by Crippen LogP contribution is 2.34. The summed E-state index contributed by atoms with van der Waals surface area (Å²) < 4.78 is 2.12. The first-order chi connectivity index (χ1) is 12.7. The Bertz CT molecular complexity index is 1270. The van der Waals surface area contributed by atoms with Crippen LogP contribution in [0, 0.1) is 0 Å². The van der Waals surface area contributed by atoms with Crippen molar-refractivity contribution >= 4 is 45.2 Å². The minimum atomic E-state index is -1.53. The Labute approximate surface area is 150 Å². The summed E-state index contributed by atoms with van der Waals surface area (Å²) in [6, 6.07) is 28.3. The molecule has 1 heterocycles. The van der Waals surface area contributed by atoms with Crippen LogP contribution >= 0.6 is 0 Å². The minimum absolute atomic E-state index is 0.489.